The number of nitrogens with one attached hydrogen (secondary N) is 1. The van der Waals surface area contributed by atoms with E-state index in [4.69, 9.17) is 0 Å². The first-order valence-corrected chi connectivity index (χ1v) is 8.40. The molecule has 1 N–H and O–H groups in total. The fourth-order valence-corrected chi connectivity index (χ4v) is 2.82. The Morgan fingerprint density at radius 2 is 1.77 bits per heavy atom. The first kappa shape index (κ1) is 18.0. The second-order valence-electron chi connectivity index (χ2n) is 6.09. The largest absolute Gasteiger partial charge is 0.369 e. The zero-order valence-corrected chi connectivity index (χ0v) is 14.2. The molecule has 1 amide bonds. The van der Waals surface area contributed by atoms with E-state index in [1.165, 1.54) is 30.5 Å². The Hall–Kier alpha value is -2.80. The van der Waals surface area contributed by atoms with Crippen molar-refractivity contribution in [1.82, 2.24) is 10.3 Å². The lowest BCUT2D eigenvalue weighted by atomic mass is 10.2. The van der Waals surface area contributed by atoms with Gasteiger partial charge in [0.15, 0.2) is 0 Å². The van der Waals surface area contributed by atoms with Gasteiger partial charge in [0.1, 0.15) is 11.6 Å². The number of halogens is 2. The molecule has 0 aromatic heterocycles. The molecule has 1 aliphatic rings. The standard InChI is InChI=1S/C19H20F2N4O/c20-16-4-6-18(7-5-16)25-10-8-24(9-11-25)14-19(26)23-22-13-15-2-1-3-17(21)12-15/h1-7,12-13H,8-11,14H2,(H,23,26). The van der Waals surface area contributed by atoms with Gasteiger partial charge in [-0.05, 0) is 42.0 Å². The second-order valence-corrected chi connectivity index (χ2v) is 6.09. The van der Waals surface area contributed by atoms with Crippen LogP contribution in [-0.4, -0.2) is 49.7 Å². The molecule has 26 heavy (non-hydrogen) atoms. The number of hydrazone groups is 1. The number of hydrogen-bond acceptors (Lipinski definition) is 4. The molecular weight excluding hydrogens is 338 g/mol. The van der Waals surface area contributed by atoms with E-state index in [1.807, 2.05) is 4.90 Å². The van der Waals surface area contributed by atoms with E-state index in [1.54, 1.807) is 24.3 Å². The SMILES string of the molecule is O=C(CN1CCN(c2ccc(F)cc2)CC1)NN=Cc1cccc(F)c1. The van der Waals surface area contributed by atoms with E-state index in [9.17, 15) is 13.6 Å². The minimum atomic E-state index is -0.348. The summed E-state index contributed by atoms with van der Waals surface area (Å²) in [5, 5.41) is 3.86. The van der Waals surface area contributed by atoms with Gasteiger partial charge in [0.2, 0.25) is 0 Å². The lowest BCUT2D eigenvalue weighted by Crippen LogP contribution is -2.49. The van der Waals surface area contributed by atoms with Crippen molar-refractivity contribution < 1.29 is 13.6 Å². The normalized spacial score (nSPS) is 15.4. The average Bonchev–Trinajstić information content (AvgIpc) is 2.63. The summed E-state index contributed by atoms with van der Waals surface area (Å²) in [4.78, 5) is 16.2. The number of amides is 1. The second kappa shape index (κ2) is 8.53. The molecule has 0 atom stereocenters. The summed E-state index contributed by atoms with van der Waals surface area (Å²) in [6, 6.07) is 12.4. The topological polar surface area (TPSA) is 47.9 Å². The molecule has 2 aromatic carbocycles. The first-order valence-electron chi connectivity index (χ1n) is 8.40. The van der Waals surface area contributed by atoms with E-state index >= 15 is 0 Å². The Kier molecular flexibility index (Phi) is 5.91. The predicted molar refractivity (Wildman–Crippen MR) is 97.2 cm³/mol. The molecule has 0 radical (unpaired) electrons. The van der Waals surface area contributed by atoms with Crippen LogP contribution in [-0.2, 0) is 4.79 Å². The Morgan fingerprint density at radius 3 is 2.46 bits per heavy atom. The lowest BCUT2D eigenvalue weighted by molar-refractivity contribution is -0.122. The predicted octanol–water partition coefficient (Wildman–Crippen LogP) is 2.24. The van der Waals surface area contributed by atoms with Gasteiger partial charge in [0, 0.05) is 31.9 Å². The smallest absolute Gasteiger partial charge is 0.254 e. The summed E-state index contributed by atoms with van der Waals surface area (Å²) < 4.78 is 26.0. The highest BCUT2D eigenvalue weighted by atomic mass is 19.1. The van der Waals surface area contributed by atoms with E-state index < -0.39 is 0 Å². The quantitative estimate of drug-likeness (QED) is 0.659. The number of carbonyl (C=O) groups excluding carboxylic acids is 1. The summed E-state index contributed by atoms with van der Waals surface area (Å²) in [7, 11) is 0. The molecule has 3 rings (SSSR count). The van der Waals surface area contributed by atoms with Crippen molar-refractivity contribution in [2.45, 2.75) is 0 Å². The third-order valence-electron chi connectivity index (χ3n) is 4.18. The van der Waals surface area contributed by atoms with Gasteiger partial charge in [-0.25, -0.2) is 14.2 Å². The summed E-state index contributed by atoms with van der Waals surface area (Å²) in [6.45, 7) is 3.26. The number of nitrogens with zero attached hydrogens (tertiary/aromatic N) is 3. The van der Waals surface area contributed by atoms with E-state index in [-0.39, 0.29) is 24.1 Å². The molecule has 0 spiro atoms. The van der Waals surface area contributed by atoms with E-state index in [0.29, 0.717) is 5.56 Å². The molecule has 0 bridgehead atoms. The number of carbonyl (C=O) groups is 1. The lowest BCUT2D eigenvalue weighted by Gasteiger charge is -2.35. The first-order chi connectivity index (χ1) is 12.6. The van der Waals surface area contributed by atoms with Gasteiger partial charge in [0.25, 0.3) is 5.91 Å². The molecule has 1 heterocycles. The molecule has 0 unspecified atom stereocenters. The van der Waals surface area contributed by atoms with E-state index in [0.717, 1.165) is 31.9 Å². The van der Waals surface area contributed by atoms with Crippen LogP contribution in [0.15, 0.2) is 53.6 Å². The van der Waals surface area contributed by atoms with Crippen LogP contribution in [0.1, 0.15) is 5.56 Å². The van der Waals surface area contributed by atoms with Gasteiger partial charge >= 0.3 is 0 Å². The van der Waals surface area contributed by atoms with Crippen molar-refractivity contribution in [3.05, 3.63) is 65.7 Å². The van der Waals surface area contributed by atoms with Crippen molar-refractivity contribution in [1.29, 1.82) is 0 Å². The summed E-state index contributed by atoms with van der Waals surface area (Å²) >= 11 is 0. The van der Waals surface area contributed by atoms with Crippen LogP contribution in [0.5, 0.6) is 0 Å². The maximum absolute atomic E-state index is 13.1. The summed E-state index contributed by atoms with van der Waals surface area (Å²) in [5.74, 6) is -0.810. The maximum Gasteiger partial charge on any atom is 0.254 e. The Balaban J connectivity index is 1.42. The highest BCUT2D eigenvalue weighted by molar-refractivity contribution is 5.83. The van der Waals surface area contributed by atoms with E-state index in [2.05, 4.69) is 15.4 Å². The number of anilines is 1. The molecule has 0 aliphatic carbocycles. The summed E-state index contributed by atoms with van der Waals surface area (Å²) in [5.41, 5.74) is 4.02. The van der Waals surface area contributed by atoms with Gasteiger partial charge in [-0.3, -0.25) is 9.69 Å². The molecule has 136 valence electrons. The van der Waals surface area contributed by atoms with Gasteiger partial charge in [-0.15, -0.1) is 0 Å². The number of benzene rings is 2. The minimum Gasteiger partial charge on any atom is -0.369 e. The Labute approximate surface area is 150 Å². The fraction of sp³-hybridized carbons (Fsp3) is 0.263. The molecule has 5 nitrogen and oxygen atoms in total. The number of piperazine rings is 1. The minimum absolute atomic E-state index is 0.215. The van der Waals surface area contributed by atoms with Crippen LogP contribution in [0.3, 0.4) is 0 Å². The van der Waals surface area contributed by atoms with Crippen LogP contribution < -0.4 is 10.3 Å². The average molecular weight is 358 g/mol. The molecular formula is C19H20F2N4O. The van der Waals surface area contributed by atoms with Crippen molar-refractivity contribution in [3.63, 3.8) is 0 Å². The highest BCUT2D eigenvalue weighted by Gasteiger charge is 2.19. The van der Waals surface area contributed by atoms with Gasteiger partial charge in [-0.2, -0.15) is 5.10 Å². The number of rotatable bonds is 5. The van der Waals surface area contributed by atoms with Crippen molar-refractivity contribution in [3.8, 4) is 0 Å². The molecule has 7 heteroatoms. The van der Waals surface area contributed by atoms with Crippen LogP contribution in [0, 0.1) is 11.6 Å². The Bertz CT molecular complexity index is 771. The number of hydrogen-bond donors (Lipinski definition) is 1. The van der Waals surface area contributed by atoms with Gasteiger partial charge in [-0.1, -0.05) is 12.1 Å². The van der Waals surface area contributed by atoms with Crippen molar-refractivity contribution >= 4 is 17.8 Å². The third kappa shape index (κ3) is 5.10. The molecule has 1 saturated heterocycles. The Morgan fingerprint density at radius 1 is 1.04 bits per heavy atom. The van der Waals surface area contributed by atoms with Crippen LogP contribution in [0.4, 0.5) is 14.5 Å². The molecule has 0 saturated carbocycles. The third-order valence-corrected chi connectivity index (χ3v) is 4.18. The monoisotopic (exact) mass is 358 g/mol. The van der Waals surface area contributed by atoms with Crippen LogP contribution in [0.25, 0.3) is 0 Å². The van der Waals surface area contributed by atoms with Crippen LogP contribution in [0.2, 0.25) is 0 Å². The van der Waals surface area contributed by atoms with Crippen molar-refractivity contribution in [2.24, 2.45) is 5.10 Å². The zero-order chi connectivity index (χ0) is 18.4. The van der Waals surface area contributed by atoms with Crippen molar-refractivity contribution in [2.75, 3.05) is 37.6 Å². The molecule has 1 aliphatic heterocycles. The molecule has 2 aromatic rings. The fourth-order valence-electron chi connectivity index (χ4n) is 2.82. The van der Waals surface area contributed by atoms with Gasteiger partial charge in [0.05, 0.1) is 12.8 Å². The van der Waals surface area contributed by atoms with Crippen LogP contribution >= 0.6 is 0 Å². The maximum atomic E-state index is 13.1. The molecule has 1 fully saturated rings. The summed E-state index contributed by atoms with van der Waals surface area (Å²) in [6.07, 6.45) is 1.41. The van der Waals surface area contributed by atoms with Gasteiger partial charge < -0.3 is 4.90 Å². The highest BCUT2D eigenvalue weighted by Crippen LogP contribution is 2.16. The zero-order valence-electron chi connectivity index (χ0n) is 14.2.